The first-order valence-electron chi connectivity index (χ1n) is 6.91. The van der Waals surface area contributed by atoms with Crippen molar-refractivity contribution in [3.05, 3.63) is 29.3 Å². The molecule has 0 unspecified atom stereocenters. The molecule has 0 bridgehead atoms. The van der Waals surface area contributed by atoms with E-state index in [1.165, 1.54) is 0 Å². The molecule has 6 heteroatoms. The fourth-order valence-corrected chi connectivity index (χ4v) is 1.79. The monoisotopic (exact) mass is 293 g/mol. The number of benzene rings is 1. The Labute approximate surface area is 126 Å². The number of hydrogen-bond acceptors (Lipinski definition) is 4. The van der Waals surface area contributed by atoms with Crippen LogP contribution in [0.3, 0.4) is 0 Å². The summed E-state index contributed by atoms with van der Waals surface area (Å²) in [6.07, 6.45) is 0. The second kappa shape index (κ2) is 6.18. The number of hydrogen-bond donors (Lipinski definition) is 3. The van der Waals surface area contributed by atoms with Crippen LogP contribution in [0.2, 0.25) is 0 Å². The highest BCUT2D eigenvalue weighted by molar-refractivity contribution is 6.60. The van der Waals surface area contributed by atoms with Gasteiger partial charge in [0.15, 0.2) is 0 Å². The van der Waals surface area contributed by atoms with Crippen LogP contribution in [0.5, 0.6) is 0 Å². The van der Waals surface area contributed by atoms with Crippen molar-refractivity contribution >= 4 is 18.5 Å². The molecule has 0 fully saturated rings. The lowest BCUT2D eigenvalue weighted by Gasteiger charge is -2.38. The van der Waals surface area contributed by atoms with Gasteiger partial charge in [0.2, 0.25) is 0 Å². The van der Waals surface area contributed by atoms with Gasteiger partial charge in [-0.15, -0.1) is 0 Å². The molecule has 0 aromatic heterocycles. The summed E-state index contributed by atoms with van der Waals surface area (Å²) in [5, 5.41) is 23.0. The molecular weight excluding hydrogens is 269 g/mol. The summed E-state index contributed by atoms with van der Waals surface area (Å²) in [6, 6.07) is 5.08. The van der Waals surface area contributed by atoms with Crippen molar-refractivity contribution in [1.82, 2.24) is 5.32 Å². The first kappa shape index (κ1) is 17.7. The van der Waals surface area contributed by atoms with E-state index < -0.39 is 18.3 Å². The number of aliphatic hydroxyl groups is 1. The zero-order valence-corrected chi connectivity index (χ0v) is 13.5. The molecule has 0 heterocycles. The van der Waals surface area contributed by atoms with E-state index in [-0.39, 0.29) is 5.91 Å². The van der Waals surface area contributed by atoms with Crippen LogP contribution >= 0.6 is 0 Å². The van der Waals surface area contributed by atoms with Crippen LogP contribution in [0.25, 0.3) is 0 Å². The lowest BCUT2D eigenvalue weighted by molar-refractivity contribution is -0.0982. The van der Waals surface area contributed by atoms with Crippen LogP contribution in [0.15, 0.2) is 18.2 Å². The average molecular weight is 293 g/mol. The molecular formula is C15H24BNO4. The molecule has 0 radical (unpaired) electrons. The number of carbonyl (C=O) groups is 1. The predicted molar refractivity (Wildman–Crippen MR) is 83.6 cm³/mol. The summed E-state index contributed by atoms with van der Waals surface area (Å²) in [5.74, 6) is -0.219. The maximum Gasteiger partial charge on any atom is 0.491 e. The van der Waals surface area contributed by atoms with E-state index >= 15 is 0 Å². The first-order chi connectivity index (χ1) is 9.51. The summed E-state index contributed by atoms with van der Waals surface area (Å²) in [7, 11) is 0.328. The Morgan fingerprint density at radius 2 is 1.86 bits per heavy atom. The molecule has 0 saturated carbocycles. The molecule has 116 valence electrons. The molecule has 1 rings (SSSR count). The molecule has 1 amide bonds. The van der Waals surface area contributed by atoms with Gasteiger partial charge in [-0.3, -0.25) is 4.79 Å². The number of carbonyl (C=O) groups excluding carboxylic acids is 1. The standard InChI is InChI=1S/C15H24BNO4/c1-10-11(13(18)17-6)8-7-9-12(10)16(20)21-15(4,5)14(2,3)19/h7-9,19-20H,1-6H3,(H,17,18). The van der Waals surface area contributed by atoms with Crippen molar-refractivity contribution in [3.63, 3.8) is 0 Å². The molecule has 1 aromatic carbocycles. The first-order valence-corrected chi connectivity index (χ1v) is 6.91. The van der Waals surface area contributed by atoms with E-state index in [2.05, 4.69) is 5.32 Å². The summed E-state index contributed by atoms with van der Waals surface area (Å²) in [6.45, 7) is 8.40. The average Bonchev–Trinajstić information content (AvgIpc) is 2.36. The van der Waals surface area contributed by atoms with Crippen LogP contribution < -0.4 is 10.8 Å². The van der Waals surface area contributed by atoms with Gasteiger partial charge >= 0.3 is 7.12 Å². The van der Waals surface area contributed by atoms with Crippen LogP contribution in [0, 0.1) is 6.92 Å². The van der Waals surface area contributed by atoms with Gasteiger partial charge in [-0.1, -0.05) is 12.1 Å². The normalized spacial score (nSPS) is 12.2. The summed E-state index contributed by atoms with van der Waals surface area (Å²) < 4.78 is 5.61. The van der Waals surface area contributed by atoms with E-state index in [0.717, 1.165) is 0 Å². The molecule has 0 saturated heterocycles. The molecule has 3 N–H and O–H groups in total. The van der Waals surface area contributed by atoms with E-state index in [1.807, 2.05) is 0 Å². The number of rotatable bonds is 5. The zero-order valence-electron chi connectivity index (χ0n) is 13.5. The third-order valence-corrected chi connectivity index (χ3v) is 3.99. The SMILES string of the molecule is CNC(=O)c1cccc(B(O)OC(C)(C)C(C)(C)O)c1C. The molecule has 0 aliphatic heterocycles. The van der Waals surface area contributed by atoms with Gasteiger partial charge in [-0.25, -0.2) is 0 Å². The van der Waals surface area contributed by atoms with Crippen LogP contribution in [-0.2, 0) is 4.65 Å². The third kappa shape index (κ3) is 3.84. The van der Waals surface area contributed by atoms with Crippen molar-refractivity contribution < 1.29 is 19.6 Å². The van der Waals surface area contributed by atoms with E-state index in [4.69, 9.17) is 4.65 Å². The van der Waals surface area contributed by atoms with Crippen molar-refractivity contribution in [2.75, 3.05) is 7.05 Å². The van der Waals surface area contributed by atoms with Gasteiger partial charge in [0.25, 0.3) is 5.91 Å². The van der Waals surface area contributed by atoms with Crippen LogP contribution in [-0.4, -0.2) is 41.4 Å². The Balaban J connectivity index is 3.09. The fourth-order valence-electron chi connectivity index (χ4n) is 1.79. The quantitative estimate of drug-likeness (QED) is 0.695. The summed E-state index contributed by atoms with van der Waals surface area (Å²) in [4.78, 5) is 11.8. The zero-order chi connectivity index (χ0) is 16.4. The highest BCUT2D eigenvalue weighted by Crippen LogP contribution is 2.25. The van der Waals surface area contributed by atoms with Crippen molar-refractivity contribution in [1.29, 1.82) is 0 Å². The highest BCUT2D eigenvalue weighted by atomic mass is 16.5. The maximum absolute atomic E-state index is 11.8. The molecule has 0 aliphatic rings. The molecule has 0 spiro atoms. The smallest absolute Gasteiger partial charge is 0.423 e. The number of amides is 1. The number of nitrogens with one attached hydrogen (secondary N) is 1. The summed E-state index contributed by atoms with van der Waals surface area (Å²) in [5.41, 5.74) is -0.439. The Morgan fingerprint density at radius 3 is 2.33 bits per heavy atom. The fraction of sp³-hybridized carbons (Fsp3) is 0.533. The highest BCUT2D eigenvalue weighted by Gasteiger charge is 2.40. The van der Waals surface area contributed by atoms with Gasteiger partial charge < -0.3 is 20.1 Å². The minimum atomic E-state index is -1.23. The van der Waals surface area contributed by atoms with Crippen LogP contribution in [0.1, 0.15) is 43.6 Å². The summed E-state index contributed by atoms with van der Waals surface area (Å²) >= 11 is 0. The Morgan fingerprint density at radius 1 is 1.29 bits per heavy atom. The predicted octanol–water partition coefficient (Wildman–Crippen LogP) is 0.608. The lowest BCUT2D eigenvalue weighted by atomic mass is 9.73. The third-order valence-electron chi connectivity index (χ3n) is 3.99. The maximum atomic E-state index is 11.8. The van der Waals surface area contributed by atoms with Crippen molar-refractivity contribution in [2.24, 2.45) is 0 Å². The van der Waals surface area contributed by atoms with Crippen molar-refractivity contribution in [2.45, 2.75) is 45.8 Å². The molecule has 0 atom stereocenters. The molecule has 1 aromatic rings. The van der Waals surface area contributed by atoms with Crippen LogP contribution in [0.4, 0.5) is 0 Å². The second-order valence-electron chi connectivity index (χ2n) is 6.14. The topological polar surface area (TPSA) is 78.8 Å². The molecule has 21 heavy (non-hydrogen) atoms. The minimum absolute atomic E-state index is 0.219. The lowest BCUT2D eigenvalue weighted by Crippen LogP contribution is -2.53. The van der Waals surface area contributed by atoms with Gasteiger partial charge in [-0.2, -0.15) is 0 Å². The Hall–Kier alpha value is -1.37. The second-order valence-corrected chi connectivity index (χ2v) is 6.14. The largest absolute Gasteiger partial charge is 0.491 e. The van der Waals surface area contributed by atoms with Gasteiger partial charge in [0.1, 0.15) is 0 Å². The Kier molecular flexibility index (Phi) is 5.20. The van der Waals surface area contributed by atoms with Gasteiger partial charge in [-0.05, 0) is 51.7 Å². The van der Waals surface area contributed by atoms with Gasteiger partial charge in [0, 0.05) is 12.6 Å². The Bertz CT molecular complexity index is 523. The molecule has 0 aliphatic carbocycles. The van der Waals surface area contributed by atoms with Crippen molar-refractivity contribution in [3.8, 4) is 0 Å². The van der Waals surface area contributed by atoms with Gasteiger partial charge in [0.05, 0.1) is 11.2 Å². The van der Waals surface area contributed by atoms with E-state index in [0.29, 0.717) is 16.6 Å². The minimum Gasteiger partial charge on any atom is -0.423 e. The molecule has 5 nitrogen and oxygen atoms in total. The van der Waals surface area contributed by atoms with E-state index in [1.54, 1.807) is 59.9 Å². The van der Waals surface area contributed by atoms with E-state index in [9.17, 15) is 14.9 Å².